The zero-order valence-electron chi connectivity index (χ0n) is 16.5. The van der Waals surface area contributed by atoms with E-state index in [1.807, 2.05) is 37.3 Å². The van der Waals surface area contributed by atoms with E-state index in [2.05, 4.69) is 5.10 Å². The maximum atomic E-state index is 14.4. The SMILES string of the molecule is COc1ccc(-n2nc(C3(O)CCC(=O)CC3)cc2-c2ccc(C)cc2)cc1F. The van der Waals surface area contributed by atoms with Gasteiger partial charge in [0.15, 0.2) is 11.6 Å². The normalized spacial score (nSPS) is 16.1. The number of aliphatic hydroxyl groups is 1. The van der Waals surface area contributed by atoms with Crippen molar-refractivity contribution in [1.82, 2.24) is 9.78 Å². The van der Waals surface area contributed by atoms with Crippen LogP contribution in [0.25, 0.3) is 16.9 Å². The van der Waals surface area contributed by atoms with Crippen molar-refractivity contribution in [3.8, 4) is 22.7 Å². The number of hydrogen-bond acceptors (Lipinski definition) is 4. The molecule has 3 aromatic rings. The fraction of sp³-hybridized carbons (Fsp3) is 0.304. The van der Waals surface area contributed by atoms with Gasteiger partial charge in [-0.25, -0.2) is 9.07 Å². The number of carbonyl (C=O) groups excluding carboxylic acids is 1. The summed E-state index contributed by atoms with van der Waals surface area (Å²) in [7, 11) is 1.42. The van der Waals surface area contributed by atoms with Crippen LogP contribution in [0.2, 0.25) is 0 Å². The molecule has 0 aliphatic heterocycles. The van der Waals surface area contributed by atoms with E-state index in [0.717, 1.165) is 16.8 Å². The highest BCUT2D eigenvalue weighted by Gasteiger charge is 2.37. The Hall–Kier alpha value is -2.99. The Labute approximate surface area is 168 Å². The second-order valence-electron chi connectivity index (χ2n) is 7.58. The molecule has 1 aromatic heterocycles. The van der Waals surface area contributed by atoms with Gasteiger partial charge in [-0.15, -0.1) is 0 Å². The van der Waals surface area contributed by atoms with Crippen molar-refractivity contribution in [3.05, 3.63) is 65.6 Å². The van der Waals surface area contributed by atoms with Crippen molar-refractivity contribution in [3.63, 3.8) is 0 Å². The van der Waals surface area contributed by atoms with Gasteiger partial charge in [0.05, 0.1) is 24.2 Å². The summed E-state index contributed by atoms with van der Waals surface area (Å²) in [6.45, 7) is 2.01. The van der Waals surface area contributed by atoms with Gasteiger partial charge in [0.25, 0.3) is 0 Å². The summed E-state index contributed by atoms with van der Waals surface area (Å²) in [5, 5.41) is 15.8. The molecule has 0 atom stereocenters. The summed E-state index contributed by atoms with van der Waals surface area (Å²) in [6.07, 6.45) is 1.35. The van der Waals surface area contributed by atoms with Gasteiger partial charge in [-0.05, 0) is 38.0 Å². The minimum atomic E-state index is -1.16. The standard InChI is InChI=1S/C23H23FN2O3/c1-15-3-5-16(6-4-15)20-14-22(23(28)11-9-18(27)10-12-23)25-26(20)17-7-8-21(29-2)19(24)13-17/h3-8,13-14,28H,9-12H2,1-2H3. The lowest BCUT2D eigenvalue weighted by Gasteiger charge is -2.29. The molecule has 0 amide bonds. The van der Waals surface area contributed by atoms with Crippen molar-refractivity contribution in [1.29, 1.82) is 0 Å². The molecular formula is C23H23FN2O3. The number of hydrogen-bond donors (Lipinski definition) is 1. The molecule has 4 rings (SSSR count). The van der Waals surface area contributed by atoms with E-state index in [1.54, 1.807) is 16.8 Å². The van der Waals surface area contributed by atoms with Gasteiger partial charge in [-0.1, -0.05) is 29.8 Å². The van der Waals surface area contributed by atoms with Gasteiger partial charge in [0.1, 0.15) is 11.4 Å². The molecule has 1 fully saturated rings. The second-order valence-corrected chi connectivity index (χ2v) is 7.58. The summed E-state index contributed by atoms with van der Waals surface area (Å²) < 4.78 is 21.0. The molecule has 1 N–H and O–H groups in total. The number of carbonyl (C=O) groups is 1. The van der Waals surface area contributed by atoms with Crippen molar-refractivity contribution in [2.75, 3.05) is 7.11 Å². The first-order chi connectivity index (χ1) is 13.9. The lowest BCUT2D eigenvalue weighted by Crippen LogP contribution is -2.32. The van der Waals surface area contributed by atoms with E-state index in [9.17, 15) is 14.3 Å². The number of aromatic nitrogens is 2. The van der Waals surface area contributed by atoms with Crippen LogP contribution >= 0.6 is 0 Å². The monoisotopic (exact) mass is 394 g/mol. The van der Waals surface area contributed by atoms with E-state index < -0.39 is 11.4 Å². The third kappa shape index (κ3) is 3.68. The molecule has 1 aliphatic carbocycles. The molecule has 5 nitrogen and oxygen atoms in total. The smallest absolute Gasteiger partial charge is 0.167 e. The predicted molar refractivity (Wildman–Crippen MR) is 108 cm³/mol. The Bertz CT molecular complexity index is 1050. The molecule has 6 heteroatoms. The summed E-state index contributed by atoms with van der Waals surface area (Å²) in [6, 6.07) is 14.4. The van der Waals surface area contributed by atoms with Gasteiger partial charge >= 0.3 is 0 Å². The molecule has 0 bridgehead atoms. The molecule has 150 valence electrons. The van der Waals surface area contributed by atoms with E-state index in [1.165, 1.54) is 13.2 Å². The van der Waals surface area contributed by atoms with Gasteiger partial charge in [-0.2, -0.15) is 5.10 Å². The fourth-order valence-electron chi connectivity index (χ4n) is 3.72. The van der Waals surface area contributed by atoms with Crippen LogP contribution in [0.1, 0.15) is 36.9 Å². The Morgan fingerprint density at radius 1 is 1.10 bits per heavy atom. The summed E-state index contributed by atoms with van der Waals surface area (Å²) in [4.78, 5) is 11.6. The Morgan fingerprint density at radius 2 is 1.79 bits per heavy atom. The number of Topliss-reactive ketones (excluding diaryl/α,β-unsaturated/α-hetero) is 1. The van der Waals surface area contributed by atoms with Crippen LogP contribution in [0.3, 0.4) is 0 Å². The van der Waals surface area contributed by atoms with Crippen molar-refractivity contribution >= 4 is 5.78 Å². The third-order valence-corrected chi connectivity index (χ3v) is 5.55. The molecule has 1 heterocycles. The van der Waals surface area contributed by atoms with E-state index in [4.69, 9.17) is 4.74 Å². The van der Waals surface area contributed by atoms with Crippen molar-refractivity contribution in [2.24, 2.45) is 0 Å². The van der Waals surface area contributed by atoms with Gasteiger partial charge < -0.3 is 9.84 Å². The first kappa shape index (κ1) is 19.3. The quantitative estimate of drug-likeness (QED) is 0.716. The first-order valence-corrected chi connectivity index (χ1v) is 9.65. The first-order valence-electron chi connectivity index (χ1n) is 9.65. The number of methoxy groups -OCH3 is 1. The lowest BCUT2D eigenvalue weighted by molar-refractivity contribution is -0.125. The molecule has 1 saturated carbocycles. The molecule has 0 radical (unpaired) electrons. The fourth-order valence-corrected chi connectivity index (χ4v) is 3.72. The van der Waals surface area contributed by atoms with Crippen LogP contribution in [0.4, 0.5) is 4.39 Å². The highest BCUT2D eigenvalue weighted by atomic mass is 19.1. The van der Waals surface area contributed by atoms with Crippen molar-refractivity contribution < 1.29 is 19.0 Å². The average Bonchev–Trinajstić information content (AvgIpc) is 3.17. The second kappa shape index (κ2) is 7.44. The molecule has 0 saturated heterocycles. The number of halogens is 1. The zero-order valence-corrected chi connectivity index (χ0v) is 16.5. The van der Waals surface area contributed by atoms with Crippen LogP contribution in [0.15, 0.2) is 48.5 Å². The molecular weight excluding hydrogens is 371 g/mol. The van der Waals surface area contributed by atoms with Crippen LogP contribution in [-0.4, -0.2) is 27.8 Å². The van der Waals surface area contributed by atoms with Crippen LogP contribution < -0.4 is 4.74 Å². The van der Waals surface area contributed by atoms with Crippen LogP contribution in [-0.2, 0) is 10.4 Å². The predicted octanol–water partition coefficient (Wildman–Crippen LogP) is 4.33. The lowest BCUT2D eigenvalue weighted by atomic mass is 9.82. The maximum Gasteiger partial charge on any atom is 0.167 e. The number of nitrogens with zero attached hydrogens (tertiary/aromatic N) is 2. The minimum absolute atomic E-state index is 0.155. The summed E-state index contributed by atoms with van der Waals surface area (Å²) in [5.74, 6) is -0.175. The molecule has 0 unspecified atom stereocenters. The minimum Gasteiger partial charge on any atom is -0.494 e. The number of ketones is 1. The summed E-state index contributed by atoms with van der Waals surface area (Å²) in [5.41, 5.74) is 2.64. The van der Waals surface area contributed by atoms with E-state index in [-0.39, 0.29) is 11.5 Å². The molecule has 1 aliphatic rings. The Kier molecular flexibility index (Phi) is 4.96. The van der Waals surface area contributed by atoms with Crippen LogP contribution in [0, 0.1) is 12.7 Å². The highest BCUT2D eigenvalue weighted by Crippen LogP contribution is 2.38. The largest absolute Gasteiger partial charge is 0.494 e. The highest BCUT2D eigenvalue weighted by molar-refractivity contribution is 5.79. The topological polar surface area (TPSA) is 64.3 Å². The van der Waals surface area contributed by atoms with Gasteiger partial charge in [0, 0.05) is 24.5 Å². The van der Waals surface area contributed by atoms with Gasteiger partial charge in [0.2, 0.25) is 0 Å². The Morgan fingerprint density at radius 3 is 2.41 bits per heavy atom. The number of ether oxygens (including phenoxy) is 1. The van der Waals surface area contributed by atoms with Crippen LogP contribution in [0.5, 0.6) is 5.75 Å². The third-order valence-electron chi connectivity index (χ3n) is 5.55. The average molecular weight is 394 g/mol. The molecule has 29 heavy (non-hydrogen) atoms. The number of aryl methyl sites for hydroxylation is 1. The number of benzene rings is 2. The van der Waals surface area contributed by atoms with E-state index >= 15 is 0 Å². The Balaban J connectivity index is 1.84. The number of rotatable bonds is 4. The summed E-state index contributed by atoms with van der Waals surface area (Å²) >= 11 is 0. The molecule has 2 aromatic carbocycles. The van der Waals surface area contributed by atoms with Crippen molar-refractivity contribution in [2.45, 2.75) is 38.2 Å². The molecule has 0 spiro atoms. The zero-order chi connectivity index (χ0) is 20.6. The maximum absolute atomic E-state index is 14.4. The van der Waals surface area contributed by atoms with E-state index in [0.29, 0.717) is 37.1 Å². The van der Waals surface area contributed by atoms with Gasteiger partial charge in [-0.3, -0.25) is 4.79 Å².